The number of hydrogen-bond acceptors (Lipinski definition) is 4. The topological polar surface area (TPSA) is 43.2 Å². The molecule has 0 spiro atoms. The largest absolute Gasteiger partial charge is 0.371 e. The first-order valence-electron chi connectivity index (χ1n) is 7.33. The minimum absolute atomic E-state index is 0.389. The minimum Gasteiger partial charge on any atom is -0.371 e. The number of rotatable bonds is 4. The molecule has 5 nitrogen and oxygen atoms in total. The SMILES string of the molecule is CCn1nncc1CN1CCOC(c2ccc(F)cc2F)C1. The van der Waals surface area contributed by atoms with Gasteiger partial charge < -0.3 is 4.74 Å². The molecule has 0 aliphatic carbocycles. The number of ether oxygens (including phenoxy) is 1. The van der Waals surface area contributed by atoms with Crippen molar-refractivity contribution in [2.45, 2.75) is 26.1 Å². The van der Waals surface area contributed by atoms with Crippen LogP contribution in [0.3, 0.4) is 0 Å². The normalized spacial score (nSPS) is 19.5. The second kappa shape index (κ2) is 6.50. The molecule has 1 fully saturated rings. The van der Waals surface area contributed by atoms with Crippen LogP contribution in [-0.2, 0) is 17.8 Å². The van der Waals surface area contributed by atoms with Crippen molar-refractivity contribution in [3.63, 3.8) is 0 Å². The first-order chi connectivity index (χ1) is 10.7. The van der Waals surface area contributed by atoms with Gasteiger partial charge in [0.1, 0.15) is 11.6 Å². The van der Waals surface area contributed by atoms with Gasteiger partial charge in [0.05, 0.1) is 24.6 Å². The Bertz CT molecular complexity index is 646. The van der Waals surface area contributed by atoms with Crippen LogP contribution >= 0.6 is 0 Å². The summed E-state index contributed by atoms with van der Waals surface area (Å²) >= 11 is 0. The van der Waals surface area contributed by atoms with Crippen molar-refractivity contribution >= 4 is 0 Å². The lowest BCUT2D eigenvalue weighted by atomic mass is 10.1. The van der Waals surface area contributed by atoms with Crippen molar-refractivity contribution in [2.24, 2.45) is 0 Å². The van der Waals surface area contributed by atoms with E-state index in [1.54, 1.807) is 6.20 Å². The summed E-state index contributed by atoms with van der Waals surface area (Å²) in [5, 5.41) is 7.92. The first kappa shape index (κ1) is 15.1. The second-order valence-electron chi connectivity index (χ2n) is 5.30. The summed E-state index contributed by atoms with van der Waals surface area (Å²) in [6.07, 6.45) is 1.35. The minimum atomic E-state index is -0.577. The summed E-state index contributed by atoms with van der Waals surface area (Å²) in [6, 6.07) is 3.61. The van der Waals surface area contributed by atoms with Crippen LogP contribution in [0.1, 0.15) is 24.3 Å². The second-order valence-corrected chi connectivity index (χ2v) is 5.30. The quantitative estimate of drug-likeness (QED) is 0.868. The van der Waals surface area contributed by atoms with E-state index in [9.17, 15) is 8.78 Å². The molecule has 1 atom stereocenters. The Balaban J connectivity index is 1.71. The van der Waals surface area contributed by atoms with E-state index in [2.05, 4.69) is 15.2 Å². The lowest BCUT2D eigenvalue weighted by Crippen LogP contribution is -2.38. The van der Waals surface area contributed by atoms with Crippen LogP contribution in [-0.4, -0.2) is 39.6 Å². The molecule has 1 saturated heterocycles. The Morgan fingerprint density at radius 2 is 2.23 bits per heavy atom. The zero-order valence-electron chi connectivity index (χ0n) is 12.4. The summed E-state index contributed by atoms with van der Waals surface area (Å²) < 4.78 is 34.4. The molecule has 22 heavy (non-hydrogen) atoms. The van der Waals surface area contributed by atoms with Gasteiger partial charge in [0, 0.05) is 37.8 Å². The van der Waals surface area contributed by atoms with Gasteiger partial charge in [-0.15, -0.1) is 5.10 Å². The van der Waals surface area contributed by atoms with Gasteiger partial charge in [-0.1, -0.05) is 11.3 Å². The molecule has 2 aromatic rings. The summed E-state index contributed by atoms with van der Waals surface area (Å²) in [7, 11) is 0. The smallest absolute Gasteiger partial charge is 0.131 e. The van der Waals surface area contributed by atoms with Gasteiger partial charge >= 0.3 is 0 Å². The van der Waals surface area contributed by atoms with Gasteiger partial charge in [-0.2, -0.15) is 0 Å². The molecular formula is C15H18F2N4O. The molecule has 0 radical (unpaired) electrons. The van der Waals surface area contributed by atoms with Gasteiger partial charge in [0.15, 0.2) is 0 Å². The molecule has 1 unspecified atom stereocenters. The maximum absolute atomic E-state index is 13.9. The summed E-state index contributed by atoms with van der Waals surface area (Å²) in [6.45, 7) is 5.27. The number of aryl methyl sites for hydroxylation is 1. The molecule has 1 aliphatic rings. The first-order valence-corrected chi connectivity index (χ1v) is 7.33. The fourth-order valence-electron chi connectivity index (χ4n) is 2.69. The van der Waals surface area contributed by atoms with Gasteiger partial charge in [0.2, 0.25) is 0 Å². The van der Waals surface area contributed by atoms with Crippen molar-refractivity contribution < 1.29 is 13.5 Å². The van der Waals surface area contributed by atoms with E-state index in [0.29, 0.717) is 25.3 Å². The van der Waals surface area contributed by atoms with E-state index in [0.717, 1.165) is 24.8 Å². The molecule has 0 saturated carbocycles. The van der Waals surface area contributed by atoms with Crippen LogP contribution < -0.4 is 0 Å². The van der Waals surface area contributed by atoms with E-state index in [1.807, 2.05) is 11.6 Å². The zero-order valence-corrected chi connectivity index (χ0v) is 12.4. The molecule has 1 aromatic carbocycles. The summed E-state index contributed by atoms with van der Waals surface area (Å²) in [5.41, 5.74) is 1.41. The van der Waals surface area contributed by atoms with Gasteiger partial charge in [-0.3, -0.25) is 4.90 Å². The summed E-state index contributed by atoms with van der Waals surface area (Å²) in [5.74, 6) is -1.14. The third-order valence-corrected chi connectivity index (χ3v) is 3.84. The molecule has 1 aliphatic heterocycles. The summed E-state index contributed by atoms with van der Waals surface area (Å²) in [4.78, 5) is 2.17. The maximum Gasteiger partial charge on any atom is 0.131 e. The number of halogens is 2. The number of nitrogens with zero attached hydrogens (tertiary/aromatic N) is 4. The van der Waals surface area contributed by atoms with Crippen molar-refractivity contribution in [2.75, 3.05) is 19.7 Å². The van der Waals surface area contributed by atoms with Crippen molar-refractivity contribution in [3.05, 3.63) is 47.3 Å². The fourth-order valence-corrected chi connectivity index (χ4v) is 2.69. The Kier molecular flexibility index (Phi) is 4.44. The Labute approximate surface area is 127 Å². The predicted octanol–water partition coefficient (Wildman–Crippen LogP) is 2.15. The monoisotopic (exact) mass is 308 g/mol. The highest BCUT2D eigenvalue weighted by Gasteiger charge is 2.25. The van der Waals surface area contributed by atoms with Crippen molar-refractivity contribution in [1.82, 2.24) is 19.9 Å². The van der Waals surface area contributed by atoms with E-state index in [-0.39, 0.29) is 6.10 Å². The molecule has 0 bridgehead atoms. The zero-order chi connectivity index (χ0) is 15.5. The third kappa shape index (κ3) is 3.15. The maximum atomic E-state index is 13.9. The highest BCUT2D eigenvalue weighted by molar-refractivity contribution is 5.21. The van der Waals surface area contributed by atoms with E-state index in [1.165, 1.54) is 12.1 Å². The Morgan fingerprint density at radius 3 is 3.00 bits per heavy atom. The van der Waals surface area contributed by atoms with Crippen LogP contribution in [0.5, 0.6) is 0 Å². The van der Waals surface area contributed by atoms with Crippen molar-refractivity contribution in [1.29, 1.82) is 0 Å². The molecule has 118 valence electrons. The van der Waals surface area contributed by atoms with Crippen molar-refractivity contribution in [3.8, 4) is 0 Å². The molecule has 0 N–H and O–H groups in total. The lowest BCUT2D eigenvalue weighted by molar-refractivity contribution is -0.0352. The highest BCUT2D eigenvalue weighted by atomic mass is 19.1. The van der Waals surface area contributed by atoms with Crippen LogP contribution in [0.4, 0.5) is 8.78 Å². The number of benzene rings is 1. The van der Waals surface area contributed by atoms with Gasteiger partial charge in [-0.25, -0.2) is 13.5 Å². The Hall–Kier alpha value is -1.86. The lowest BCUT2D eigenvalue weighted by Gasteiger charge is -2.33. The van der Waals surface area contributed by atoms with Crippen LogP contribution in [0.15, 0.2) is 24.4 Å². The molecule has 1 aromatic heterocycles. The van der Waals surface area contributed by atoms with Crippen LogP contribution in [0.2, 0.25) is 0 Å². The fraction of sp³-hybridized carbons (Fsp3) is 0.467. The highest BCUT2D eigenvalue weighted by Crippen LogP contribution is 2.25. The molecule has 3 rings (SSSR count). The predicted molar refractivity (Wildman–Crippen MR) is 76.0 cm³/mol. The van der Waals surface area contributed by atoms with E-state index in [4.69, 9.17) is 4.74 Å². The van der Waals surface area contributed by atoms with Gasteiger partial charge in [-0.05, 0) is 13.0 Å². The van der Waals surface area contributed by atoms with E-state index >= 15 is 0 Å². The molecule has 2 heterocycles. The molecule has 7 heteroatoms. The molecular weight excluding hydrogens is 290 g/mol. The van der Waals surface area contributed by atoms with Crippen LogP contribution in [0, 0.1) is 11.6 Å². The van der Waals surface area contributed by atoms with Gasteiger partial charge in [0.25, 0.3) is 0 Å². The van der Waals surface area contributed by atoms with Crippen LogP contribution in [0.25, 0.3) is 0 Å². The number of morpholine rings is 1. The number of aromatic nitrogens is 3. The Morgan fingerprint density at radius 1 is 1.36 bits per heavy atom. The third-order valence-electron chi connectivity index (χ3n) is 3.84. The average molecular weight is 308 g/mol. The standard InChI is InChI=1S/C15H18F2N4O/c1-2-21-12(8-18-19-21)9-20-5-6-22-15(10-20)13-4-3-11(16)7-14(13)17/h3-4,7-8,15H,2,5-6,9-10H2,1H3. The molecule has 0 amide bonds. The average Bonchev–Trinajstić information content (AvgIpc) is 2.94. The van der Waals surface area contributed by atoms with E-state index < -0.39 is 11.6 Å². The number of hydrogen-bond donors (Lipinski definition) is 0.